The molecule has 0 spiro atoms. The molecule has 0 saturated carbocycles. The lowest BCUT2D eigenvalue weighted by Gasteiger charge is -2.12. The number of halogens is 1. The summed E-state index contributed by atoms with van der Waals surface area (Å²) in [5.74, 6) is 0.751. The van der Waals surface area contributed by atoms with Gasteiger partial charge in [0.2, 0.25) is 0 Å². The zero-order valence-electron chi connectivity index (χ0n) is 12.3. The number of ether oxygens (including phenoxy) is 1. The lowest BCUT2D eigenvalue weighted by Crippen LogP contribution is -2.06. The van der Waals surface area contributed by atoms with Crippen molar-refractivity contribution < 1.29 is 9.57 Å². The highest BCUT2D eigenvalue weighted by Gasteiger charge is 2.10. The fourth-order valence-corrected chi connectivity index (χ4v) is 2.26. The summed E-state index contributed by atoms with van der Waals surface area (Å²) in [6, 6.07) is 14.9. The molecule has 2 rings (SSSR count). The van der Waals surface area contributed by atoms with E-state index in [0.717, 1.165) is 16.9 Å². The monoisotopic (exact) mass is 314 g/mol. The Morgan fingerprint density at radius 2 is 2.05 bits per heavy atom. The number of nitrogens with zero attached hydrogens (tertiary/aromatic N) is 2. The van der Waals surface area contributed by atoms with Crippen molar-refractivity contribution in [3.63, 3.8) is 0 Å². The molecule has 22 heavy (non-hydrogen) atoms. The van der Waals surface area contributed by atoms with E-state index in [1.54, 1.807) is 6.07 Å². The summed E-state index contributed by atoms with van der Waals surface area (Å²) in [4.78, 5) is 4.71. The van der Waals surface area contributed by atoms with Crippen molar-refractivity contribution in [2.75, 3.05) is 7.11 Å². The molecule has 0 saturated heterocycles. The fourth-order valence-electron chi connectivity index (χ4n) is 2.03. The van der Waals surface area contributed by atoms with Crippen LogP contribution < -0.4 is 4.74 Å². The summed E-state index contributed by atoms with van der Waals surface area (Å²) in [7, 11) is 1.41. The number of oxime groups is 1. The molecule has 112 valence electrons. The van der Waals surface area contributed by atoms with Crippen molar-refractivity contribution in [2.24, 2.45) is 5.16 Å². The second-order valence-electron chi connectivity index (χ2n) is 4.59. The maximum atomic E-state index is 9.18. The van der Waals surface area contributed by atoms with Gasteiger partial charge in [0.25, 0.3) is 0 Å². The van der Waals surface area contributed by atoms with Crippen LogP contribution in [0.3, 0.4) is 0 Å². The average molecular weight is 315 g/mol. The molecule has 4 nitrogen and oxygen atoms in total. The predicted octanol–water partition coefficient (Wildman–Crippen LogP) is 4.10. The average Bonchev–Trinajstić information content (AvgIpc) is 2.52. The van der Waals surface area contributed by atoms with E-state index in [-0.39, 0.29) is 5.71 Å². The second-order valence-corrected chi connectivity index (χ2v) is 5.03. The largest absolute Gasteiger partial charge is 0.489 e. The van der Waals surface area contributed by atoms with Crippen molar-refractivity contribution in [1.29, 1.82) is 5.26 Å². The van der Waals surface area contributed by atoms with Crippen molar-refractivity contribution in [3.8, 4) is 11.8 Å². The number of rotatable bonds is 5. The van der Waals surface area contributed by atoms with Crippen molar-refractivity contribution in [1.82, 2.24) is 0 Å². The summed E-state index contributed by atoms with van der Waals surface area (Å²) in [6.45, 7) is 2.25. The van der Waals surface area contributed by atoms with Gasteiger partial charge >= 0.3 is 0 Å². The van der Waals surface area contributed by atoms with Crippen molar-refractivity contribution in [3.05, 3.63) is 64.2 Å². The summed E-state index contributed by atoms with van der Waals surface area (Å²) in [6.07, 6.45) is 0. The molecule has 2 aromatic carbocycles. The Labute approximate surface area is 134 Å². The third-order valence-electron chi connectivity index (χ3n) is 3.08. The van der Waals surface area contributed by atoms with Crippen LogP contribution in [0.15, 0.2) is 47.6 Å². The molecule has 0 aromatic heterocycles. The Morgan fingerprint density at radius 1 is 1.27 bits per heavy atom. The third-order valence-corrected chi connectivity index (χ3v) is 3.32. The SMILES string of the molecule is CO/N=C(\C#N)c1ccccc1COc1ccc(Cl)cc1C. The smallest absolute Gasteiger partial charge is 0.187 e. The number of nitriles is 1. The minimum atomic E-state index is 0.217. The number of hydrogen-bond donors (Lipinski definition) is 0. The summed E-state index contributed by atoms with van der Waals surface area (Å²) in [5, 5.41) is 13.6. The van der Waals surface area contributed by atoms with Gasteiger partial charge in [0.05, 0.1) is 0 Å². The lowest BCUT2D eigenvalue weighted by molar-refractivity contribution is 0.214. The van der Waals surface area contributed by atoms with Crippen LogP contribution in [-0.2, 0) is 11.4 Å². The standard InChI is InChI=1S/C17H15ClN2O2/c1-12-9-14(18)7-8-17(12)22-11-13-5-3-4-6-15(13)16(10-19)20-21-2/h3-9H,11H2,1-2H3/b20-16+. The first kappa shape index (κ1) is 15.9. The molecular formula is C17H15ClN2O2. The summed E-state index contributed by atoms with van der Waals surface area (Å²) < 4.78 is 5.83. The first-order chi connectivity index (χ1) is 10.7. The molecule has 0 aliphatic rings. The van der Waals surface area contributed by atoms with E-state index in [0.29, 0.717) is 17.2 Å². The van der Waals surface area contributed by atoms with Gasteiger partial charge in [-0.3, -0.25) is 0 Å². The first-order valence-corrected chi connectivity index (χ1v) is 7.02. The molecular weight excluding hydrogens is 300 g/mol. The molecule has 0 amide bonds. The number of benzene rings is 2. The molecule has 0 fully saturated rings. The van der Waals surface area contributed by atoms with Gasteiger partial charge in [0, 0.05) is 10.6 Å². The van der Waals surface area contributed by atoms with Crippen LogP contribution in [0.25, 0.3) is 0 Å². The fraction of sp³-hybridized carbons (Fsp3) is 0.176. The minimum absolute atomic E-state index is 0.217. The van der Waals surface area contributed by atoms with Gasteiger partial charge in [-0.25, -0.2) is 0 Å². The van der Waals surface area contributed by atoms with Crippen LogP contribution in [0.4, 0.5) is 0 Å². The molecule has 0 radical (unpaired) electrons. The Bertz CT molecular complexity index is 736. The molecule has 5 heteroatoms. The van der Waals surface area contributed by atoms with Crippen LogP contribution in [0.1, 0.15) is 16.7 Å². The highest BCUT2D eigenvalue weighted by atomic mass is 35.5. The van der Waals surface area contributed by atoms with Crippen LogP contribution in [0.2, 0.25) is 5.02 Å². The van der Waals surface area contributed by atoms with Crippen LogP contribution >= 0.6 is 11.6 Å². The highest BCUT2D eigenvalue weighted by Crippen LogP contribution is 2.23. The van der Waals surface area contributed by atoms with E-state index >= 15 is 0 Å². The highest BCUT2D eigenvalue weighted by molar-refractivity contribution is 6.30. The minimum Gasteiger partial charge on any atom is -0.489 e. The molecule has 0 unspecified atom stereocenters. The van der Waals surface area contributed by atoms with E-state index in [9.17, 15) is 5.26 Å². The maximum absolute atomic E-state index is 9.18. The van der Waals surface area contributed by atoms with Gasteiger partial charge in [0.1, 0.15) is 25.5 Å². The summed E-state index contributed by atoms with van der Waals surface area (Å²) >= 11 is 5.93. The Morgan fingerprint density at radius 3 is 2.73 bits per heavy atom. The molecule has 0 N–H and O–H groups in total. The maximum Gasteiger partial charge on any atom is 0.187 e. The Hall–Kier alpha value is -2.51. The van der Waals surface area contributed by atoms with Gasteiger partial charge in [0.15, 0.2) is 5.71 Å². The Balaban J connectivity index is 2.24. The van der Waals surface area contributed by atoms with E-state index in [2.05, 4.69) is 5.16 Å². The molecule has 0 aliphatic heterocycles. The summed E-state index contributed by atoms with van der Waals surface area (Å²) in [5.41, 5.74) is 2.72. The predicted molar refractivity (Wildman–Crippen MR) is 86.1 cm³/mol. The van der Waals surface area contributed by atoms with Crippen LogP contribution in [-0.4, -0.2) is 12.8 Å². The van der Waals surface area contributed by atoms with Crippen LogP contribution in [0, 0.1) is 18.3 Å². The van der Waals surface area contributed by atoms with Gasteiger partial charge in [-0.2, -0.15) is 5.26 Å². The molecule has 0 heterocycles. The number of aryl methyl sites for hydroxylation is 1. The lowest BCUT2D eigenvalue weighted by atomic mass is 10.0. The van der Waals surface area contributed by atoms with Gasteiger partial charge in [-0.15, -0.1) is 0 Å². The first-order valence-electron chi connectivity index (χ1n) is 6.64. The van der Waals surface area contributed by atoms with E-state index in [4.69, 9.17) is 21.2 Å². The van der Waals surface area contributed by atoms with Gasteiger partial charge < -0.3 is 9.57 Å². The Kier molecular flexibility index (Phi) is 5.40. The third kappa shape index (κ3) is 3.78. The number of hydrogen-bond acceptors (Lipinski definition) is 4. The van der Waals surface area contributed by atoms with Gasteiger partial charge in [-0.05, 0) is 36.2 Å². The molecule has 0 aliphatic carbocycles. The second kappa shape index (κ2) is 7.48. The molecule has 0 atom stereocenters. The zero-order valence-corrected chi connectivity index (χ0v) is 13.1. The quantitative estimate of drug-likeness (QED) is 0.616. The van der Waals surface area contributed by atoms with Crippen LogP contribution in [0.5, 0.6) is 5.75 Å². The van der Waals surface area contributed by atoms with Crippen molar-refractivity contribution in [2.45, 2.75) is 13.5 Å². The topological polar surface area (TPSA) is 54.6 Å². The van der Waals surface area contributed by atoms with Gasteiger partial charge in [-0.1, -0.05) is 41.0 Å². The van der Waals surface area contributed by atoms with E-state index < -0.39 is 0 Å². The molecule has 2 aromatic rings. The normalized spacial score (nSPS) is 10.9. The molecule has 0 bridgehead atoms. The van der Waals surface area contributed by atoms with E-state index in [1.807, 2.05) is 49.4 Å². The van der Waals surface area contributed by atoms with Crippen molar-refractivity contribution >= 4 is 17.3 Å². The zero-order chi connectivity index (χ0) is 15.9. The van der Waals surface area contributed by atoms with E-state index in [1.165, 1.54) is 7.11 Å².